The molecule has 1 fully saturated rings. The zero-order valence-corrected chi connectivity index (χ0v) is 22.0. The maximum Gasteiger partial charge on any atom is 0.341 e. The molecule has 38 heavy (non-hydrogen) atoms. The van der Waals surface area contributed by atoms with Crippen molar-refractivity contribution in [3.63, 3.8) is 0 Å². The molecule has 0 saturated heterocycles. The van der Waals surface area contributed by atoms with Crippen LogP contribution in [0.5, 0.6) is 11.5 Å². The third-order valence-corrected chi connectivity index (χ3v) is 7.05. The zero-order chi connectivity index (χ0) is 27.1. The Morgan fingerprint density at radius 1 is 0.974 bits per heavy atom. The Morgan fingerprint density at radius 3 is 2.45 bits per heavy atom. The van der Waals surface area contributed by atoms with Crippen LogP contribution < -0.4 is 9.47 Å². The molecule has 0 N–H and O–H groups in total. The molecule has 3 aromatic carbocycles. The van der Waals surface area contributed by atoms with E-state index >= 15 is 0 Å². The maximum absolute atomic E-state index is 14.9. The van der Waals surface area contributed by atoms with Gasteiger partial charge in [-0.15, -0.1) is 0 Å². The lowest BCUT2D eigenvalue weighted by atomic mass is 9.74. The third kappa shape index (κ3) is 6.25. The fourth-order valence-corrected chi connectivity index (χ4v) is 4.72. The van der Waals surface area contributed by atoms with Gasteiger partial charge in [-0.25, -0.2) is 9.18 Å². The van der Waals surface area contributed by atoms with Crippen LogP contribution in [-0.4, -0.2) is 45.5 Å². The number of carbonyl (C=O) groups excluding carboxylic acids is 2. The van der Waals surface area contributed by atoms with Gasteiger partial charge in [0.25, 0.3) is 0 Å². The first-order valence-corrected chi connectivity index (χ1v) is 12.7. The number of rotatable bonds is 10. The fraction of sp³-hybridized carbons (Fsp3) is 0.400. The van der Waals surface area contributed by atoms with Crippen LogP contribution in [-0.2, 0) is 25.6 Å². The second-order valence-electron chi connectivity index (χ2n) is 9.70. The normalized spacial score (nSPS) is 19.1. The number of methoxy groups -OCH3 is 2. The van der Waals surface area contributed by atoms with Gasteiger partial charge in [-0.1, -0.05) is 42.5 Å². The molecular weight excluding hydrogens is 491 g/mol. The van der Waals surface area contributed by atoms with E-state index in [4.69, 9.17) is 23.7 Å². The number of halogens is 1. The van der Waals surface area contributed by atoms with Gasteiger partial charge in [0.2, 0.25) is 0 Å². The van der Waals surface area contributed by atoms with Crippen LogP contribution in [0, 0.1) is 11.2 Å². The molecule has 0 spiro atoms. The van der Waals surface area contributed by atoms with Gasteiger partial charge in [-0.05, 0) is 48.9 Å². The van der Waals surface area contributed by atoms with E-state index in [9.17, 15) is 14.0 Å². The Balaban J connectivity index is 1.37. The highest BCUT2D eigenvalue weighted by molar-refractivity contribution is 5.93. The maximum atomic E-state index is 14.9. The van der Waals surface area contributed by atoms with Gasteiger partial charge in [0.05, 0.1) is 25.2 Å². The monoisotopic (exact) mass is 524 g/mol. The van der Waals surface area contributed by atoms with Crippen LogP contribution in [0.3, 0.4) is 0 Å². The first-order chi connectivity index (χ1) is 18.3. The van der Waals surface area contributed by atoms with Crippen LogP contribution in [0.15, 0.2) is 54.6 Å². The van der Waals surface area contributed by atoms with E-state index in [-0.39, 0.29) is 49.0 Å². The number of ether oxygens (including phenoxy) is 5. The average Bonchev–Trinajstić information content (AvgIpc) is 2.94. The Kier molecular flexibility index (Phi) is 8.84. The number of hydrogen-bond donors (Lipinski definition) is 0. The van der Waals surface area contributed by atoms with Gasteiger partial charge >= 0.3 is 11.9 Å². The highest BCUT2D eigenvalue weighted by Gasteiger charge is 2.40. The Hall–Kier alpha value is -3.65. The van der Waals surface area contributed by atoms with Crippen molar-refractivity contribution in [2.75, 3.05) is 27.4 Å². The van der Waals surface area contributed by atoms with Crippen molar-refractivity contribution in [3.05, 3.63) is 71.5 Å². The molecule has 0 atom stereocenters. The molecule has 7 nitrogen and oxygen atoms in total. The molecule has 4 rings (SSSR count). The minimum Gasteiger partial charge on any atom is -0.490 e. The van der Waals surface area contributed by atoms with Crippen molar-refractivity contribution in [2.45, 2.75) is 45.3 Å². The van der Waals surface area contributed by atoms with E-state index in [0.29, 0.717) is 25.7 Å². The molecule has 0 bridgehead atoms. The average molecular weight is 525 g/mol. The largest absolute Gasteiger partial charge is 0.490 e. The summed E-state index contributed by atoms with van der Waals surface area (Å²) in [5, 5.41) is 2.16. The summed E-state index contributed by atoms with van der Waals surface area (Å²) in [6.45, 7) is 2.54. The standard InChI is InChI=1S/C30H33FO7/c1-30(29(33)37-19-21-9-6-8-20-7-4-5-10-23(20)21)13-11-22(12-14-30)38-27-17-24(28(32)35-3)26(18-25(27)31)36-16-15-34-2/h4-10,17-18,22H,11-16,19H2,1-3H3. The lowest BCUT2D eigenvalue weighted by Crippen LogP contribution is -2.37. The number of carbonyl (C=O) groups is 2. The van der Waals surface area contributed by atoms with Crippen molar-refractivity contribution in [3.8, 4) is 11.5 Å². The summed E-state index contributed by atoms with van der Waals surface area (Å²) in [5.74, 6) is -1.55. The smallest absolute Gasteiger partial charge is 0.341 e. The molecule has 3 aromatic rings. The zero-order valence-electron chi connectivity index (χ0n) is 22.0. The molecule has 0 heterocycles. The van der Waals surface area contributed by atoms with Crippen LogP contribution in [0.2, 0.25) is 0 Å². The van der Waals surface area contributed by atoms with Gasteiger partial charge in [0, 0.05) is 19.2 Å². The molecule has 0 amide bonds. The van der Waals surface area contributed by atoms with E-state index in [1.165, 1.54) is 20.3 Å². The summed E-state index contributed by atoms with van der Waals surface area (Å²) < 4.78 is 41.8. The minimum atomic E-state index is -0.660. The fourth-order valence-electron chi connectivity index (χ4n) is 4.72. The molecule has 1 aliphatic rings. The number of esters is 2. The first-order valence-electron chi connectivity index (χ1n) is 12.7. The third-order valence-electron chi connectivity index (χ3n) is 7.05. The van der Waals surface area contributed by atoms with Crippen molar-refractivity contribution in [2.24, 2.45) is 5.41 Å². The van der Waals surface area contributed by atoms with E-state index in [1.54, 1.807) is 0 Å². The van der Waals surface area contributed by atoms with Crippen molar-refractivity contribution < 1.29 is 37.7 Å². The van der Waals surface area contributed by atoms with Gasteiger partial charge < -0.3 is 23.7 Å². The van der Waals surface area contributed by atoms with Crippen LogP contribution in [0.1, 0.15) is 48.5 Å². The van der Waals surface area contributed by atoms with Crippen molar-refractivity contribution in [1.29, 1.82) is 0 Å². The number of hydrogen-bond acceptors (Lipinski definition) is 7. The topological polar surface area (TPSA) is 80.3 Å². The highest BCUT2D eigenvalue weighted by Crippen LogP contribution is 2.40. The highest BCUT2D eigenvalue weighted by atomic mass is 19.1. The minimum absolute atomic E-state index is 0.0587. The molecule has 0 unspecified atom stereocenters. The van der Waals surface area contributed by atoms with Crippen molar-refractivity contribution in [1.82, 2.24) is 0 Å². The summed E-state index contributed by atoms with van der Waals surface area (Å²) >= 11 is 0. The van der Waals surface area contributed by atoms with E-state index in [1.807, 2.05) is 49.4 Å². The number of benzene rings is 3. The predicted octanol–water partition coefficient (Wildman–Crippen LogP) is 5.86. The predicted molar refractivity (Wildman–Crippen MR) is 140 cm³/mol. The first kappa shape index (κ1) is 27.4. The van der Waals surface area contributed by atoms with Gasteiger partial charge in [-0.3, -0.25) is 4.79 Å². The lowest BCUT2D eigenvalue weighted by molar-refractivity contribution is -0.159. The molecule has 1 saturated carbocycles. The quantitative estimate of drug-likeness (QED) is 0.243. The summed E-state index contributed by atoms with van der Waals surface area (Å²) in [6.07, 6.45) is 1.85. The summed E-state index contributed by atoms with van der Waals surface area (Å²) in [6, 6.07) is 16.4. The Morgan fingerprint density at radius 2 is 1.71 bits per heavy atom. The molecule has 0 aromatic heterocycles. The van der Waals surface area contributed by atoms with Crippen molar-refractivity contribution >= 4 is 22.7 Å². The molecule has 1 aliphatic carbocycles. The Labute approximate surface area is 221 Å². The van der Waals surface area contributed by atoms with E-state index in [2.05, 4.69) is 0 Å². The van der Waals surface area contributed by atoms with E-state index in [0.717, 1.165) is 22.4 Å². The Bertz CT molecular complexity index is 1280. The van der Waals surface area contributed by atoms with E-state index < -0.39 is 17.2 Å². The van der Waals surface area contributed by atoms with Crippen LogP contribution in [0.4, 0.5) is 4.39 Å². The summed E-state index contributed by atoms with van der Waals surface area (Å²) in [5.41, 5.74) is 0.375. The SMILES string of the molecule is COCCOc1cc(F)c(OC2CCC(C)(C(=O)OCc3cccc4ccccc34)CC2)cc1C(=O)OC. The molecule has 202 valence electrons. The summed E-state index contributed by atoms with van der Waals surface area (Å²) in [7, 11) is 2.76. The number of fused-ring (bicyclic) bond motifs is 1. The second-order valence-corrected chi connectivity index (χ2v) is 9.70. The second kappa shape index (κ2) is 12.3. The molecule has 0 radical (unpaired) electrons. The van der Waals surface area contributed by atoms with Crippen LogP contribution >= 0.6 is 0 Å². The van der Waals surface area contributed by atoms with Gasteiger partial charge in [0.15, 0.2) is 11.6 Å². The summed E-state index contributed by atoms with van der Waals surface area (Å²) in [4.78, 5) is 25.3. The molecule has 8 heteroatoms. The van der Waals surface area contributed by atoms with Gasteiger partial charge in [0.1, 0.15) is 24.5 Å². The molecular formula is C30H33FO7. The lowest BCUT2D eigenvalue weighted by Gasteiger charge is -2.35. The molecule has 0 aliphatic heterocycles. The van der Waals surface area contributed by atoms with Crippen LogP contribution in [0.25, 0.3) is 10.8 Å². The van der Waals surface area contributed by atoms with Gasteiger partial charge in [-0.2, -0.15) is 0 Å².